The fourth-order valence-electron chi connectivity index (χ4n) is 4.29. The van der Waals surface area contributed by atoms with Crippen LogP contribution in [-0.2, 0) is 16.0 Å². The van der Waals surface area contributed by atoms with E-state index in [4.69, 9.17) is 5.73 Å². The summed E-state index contributed by atoms with van der Waals surface area (Å²) in [6, 6.07) is 23.0. The van der Waals surface area contributed by atoms with Gasteiger partial charge in [-0.25, -0.2) is 0 Å². The Hall–Kier alpha value is -4.46. The molecule has 2 heterocycles. The number of carbonyl (C=O) groups is 3. The molecule has 0 bridgehead atoms. The molecule has 1 atom stereocenters. The number of carbonyl (C=O) groups excluding carboxylic acids is 3. The Morgan fingerprint density at radius 1 is 0.912 bits per heavy atom. The number of hydrogen-bond donors (Lipinski definition) is 2. The van der Waals surface area contributed by atoms with Crippen LogP contribution < -0.4 is 21.0 Å². The molecule has 3 amide bonds. The molecule has 3 N–H and O–H groups in total. The fraction of sp³-hybridized carbons (Fsp3) is 0.154. The highest BCUT2D eigenvalue weighted by atomic mass is 16.2. The molecule has 0 aliphatic carbocycles. The molecule has 3 aromatic rings. The molecule has 2 aliphatic rings. The van der Waals surface area contributed by atoms with Gasteiger partial charge >= 0.3 is 0 Å². The van der Waals surface area contributed by atoms with Crippen LogP contribution in [-0.4, -0.2) is 36.0 Å². The van der Waals surface area contributed by atoms with E-state index in [0.29, 0.717) is 23.5 Å². The van der Waals surface area contributed by atoms with Crippen molar-refractivity contribution in [1.29, 1.82) is 0 Å². The number of hydrazone groups is 1. The van der Waals surface area contributed by atoms with Crippen LogP contribution >= 0.6 is 0 Å². The van der Waals surface area contributed by atoms with Gasteiger partial charge in [0.25, 0.3) is 11.8 Å². The summed E-state index contributed by atoms with van der Waals surface area (Å²) in [6.45, 7) is 0.648. The predicted molar refractivity (Wildman–Crippen MR) is 131 cm³/mol. The second-order valence-corrected chi connectivity index (χ2v) is 8.22. The molecule has 0 saturated carbocycles. The summed E-state index contributed by atoms with van der Waals surface area (Å²) < 4.78 is 0. The summed E-state index contributed by atoms with van der Waals surface area (Å²) in [5.74, 6) is -1.05. The molecule has 1 unspecified atom stereocenters. The summed E-state index contributed by atoms with van der Waals surface area (Å²) in [7, 11) is 0. The van der Waals surface area contributed by atoms with Crippen molar-refractivity contribution in [3.8, 4) is 0 Å². The maximum atomic E-state index is 13.0. The van der Waals surface area contributed by atoms with Crippen molar-refractivity contribution in [2.45, 2.75) is 18.9 Å². The monoisotopic (exact) mass is 453 g/mol. The number of fused-ring (bicyclic) bond motifs is 1. The first-order valence-corrected chi connectivity index (χ1v) is 11.0. The Morgan fingerprint density at radius 2 is 1.62 bits per heavy atom. The van der Waals surface area contributed by atoms with Gasteiger partial charge in [-0.2, -0.15) is 5.10 Å². The minimum absolute atomic E-state index is 0.0780. The molecule has 0 fully saturated rings. The Bertz CT molecular complexity index is 1290. The van der Waals surface area contributed by atoms with E-state index in [-0.39, 0.29) is 18.0 Å². The summed E-state index contributed by atoms with van der Waals surface area (Å²) >= 11 is 0. The zero-order valence-corrected chi connectivity index (χ0v) is 18.3. The Morgan fingerprint density at radius 3 is 2.35 bits per heavy atom. The standard InChI is InChI=1S/C26H23N5O3/c27-24(32)23-16-21(29-31(23)20-7-2-1-3-8-20)25(33)28-19-12-10-18(11-13-19)26(34)30-15-14-17-6-4-5-9-22(17)30/h1-13,23H,14-16H2,(H2,27,32)(H,28,33). The summed E-state index contributed by atoms with van der Waals surface area (Å²) in [4.78, 5) is 39.5. The van der Waals surface area contributed by atoms with Crippen molar-refractivity contribution in [1.82, 2.24) is 0 Å². The summed E-state index contributed by atoms with van der Waals surface area (Å²) in [6.07, 6.45) is 0.950. The van der Waals surface area contributed by atoms with E-state index in [1.54, 1.807) is 41.3 Å². The Kier molecular flexibility index (Phi) is 5.55. The van der Waals surface area contributed by atoms with Crippen LogP contribution in [0.25, 0.3) is 0 Å². The van der Waals surface area contributed by atoms with Crippen LogP contribution in [0.15, 0.2) is 84.0 Å². The molecule has 0 aromatic heterocycles. The van der Waals surface area contributed by atoms with Gasteiger partial charge in [-0.05, 0) is 54.4 Å². The average molecular weight is 454 g/mol. The van der Waals surface area contributed by atoms with Crippen molar-refractivity contribution in [2.75, 3.05) is 21.8 Å². The SMILES string of the molecule is NC(=O)C1CC(C(=O)Nc2ccc(C(=O)N3CCc4ccccc43)cc2)=NN1c1ccccc1. The first kappa shape index (κ1) is 21.4. The van der Waals surface area contributed by atoms with Crippen molar-refractivity contribution in [3.63, 3.8) is 0 Å². The summed E-state index contributed by atoms with van der Waals surface area (Å²) in [5, 5.41) is 8.63. The van der Waals surface area contributed by atoms with Crippen molar-refractivity contribution in [3.05, 3.63) is 90.0 Å². The third-order valence-corrected chi connectivity index (χ3v) is 6.04. The van der Waals surface area contributed by atoms with E-state index < -0.39 is 17.9 Å². The molecule has 8 nitrogen and oxygen atoms in total. The average Bonchev–Trinajstić information content (AvgIpc) is 3.50. The molecule has 8 heteroatoms. The van der Waals surface area contributed by atoms with Crippen molar-refractivity contribution >= 4 is 40.5 Å². The van der Waals surface area contributed by atoms with Crippen LogP contribution in [0.1, 0.15) is 22.3 Å². The normalized spacial score (nSPS) is 16.7. The van der Waals surface area contributed by atoms with Crippen molar-refractivity contribution < 1.29 is 14.4 Å². The molecule has 5 rings (SSSR count). The van der Waals surface area contributed by atoms with E-state index in [9.17, 15) is 14.4 Å². The highest BCUT2D eigenvalue weighted by Crippen LogP contribution is 2.29. The lowest BCUT2D eigenvalue weighted by Crippen LogP contribution is -2.39. The highest BCUT2D eigenvalue weighted by Gasteiger charge is 2.35. The topological polar surface area (TPSA) is 108 Å². The number of anilines is 3. The van der Waals surface area contributed by atoms with Gasteiger partial charge in [0.1, 0.15) is 11.8 Å². The minimum atomic E-state index is -0.730. The first-order valence-electron chi connectivity index (χ1n) is 11.0. The van der Waals surface area contributed by atoms with Gasteiger partial charge in [0.05, 0.1) is 5.69 Å². The van der Waals surface area contributed by atoms with Crippen molar-refractivity contribution in [2.24, 2.45) is 10.8 Å². The van der Waals surface area contributed by atoms with Gasteiger partial charge in [-0.1, -0.05) is 36.4 Å². The van der Waals surface area contributed by atoms with Gasteiger partial charge < -0.3 is 16.0 Å². The number of nitrogens with two attached hydrogens (primary N) is 1. The number of rotatable bonds is 5. The van der Waals surface area contributed by atoms with Crippen LogP contribution in [0, 0.1) is 0 Å². The largest absolute Gasteiger partial charge is 0.368 e. The quantitative estimate of drug-likeness (QED) is 0.619. The van der Waals surface area contributed by atoms with Crippen LogP contribution in [0.2, 0.25) is 0 Å². The molecular weight excluding hydrogens is 430 g/mol. The zero-order chi connectivity index (χ0) is 23.7. The first-order chi connectivity index (χ1) is 16.5. The molecule has 3 aromatic carbocycles. The molecule has 2 aliphatic heterocycles. The van der Waals surface area contributed by atoms with Gasteiger partial charge in [0, 0.05) is 29.9 Å². The summed E-state index contributed by atoms with van der Waals surface area (Å²) in [5.41, 5.74) is 9.61. The molecule has 0 radical (unpaired) electrons. The smallest absolute Gasteiger partial charge is 0.271 e. The number of para-hydroxylation sites is 2. The second-order valence-electron chi connectivity index (χ2n) is 8.22. The number of hydrogen-bond acceptors (Lipinski definition) is 5. The van der Waals surface area contributed by atoms with Crippen LogP contribution in [0.5, 0.6) is 0 Å². The van der Waals surface area contributed by atoms with E-state index in [1.165, 1.54) is 5.01 Å². The van der Waals surface area contributed by atoms with E-state index >= 15 is 0 Å². The number of amides is 3. The molecular formula is C26H23N5O3. The maximum absolute atomic E-state index is 13.0. The predicted octanol–water partition coefficient (Wildman–Crippen LogP) is 2.95. The Balaban J connectivity index is 1.28. The Labute approximate surface area is 196 Å². The van der Waals surface area contributed by atoms with Gasteiger partial charge in [0.15, 0.2) is 0 Å². The fourth-order valence-corrected chi connectivity index (χ4v) is 4.29. The second kappa shape index (κ2) is 8.82. The lowest BCUT2D eigenvalue weighted by Gasteiger charge is -2.20. The zero-order valence-electron chi connectivity index (χ0n) is 18.3. The van der Waals surface area contributed by atoms with E-state index in [0.717, 1.165) is 17.7 Å². The van der Waals surface area contributed by atoms with Crippen LogP contribution in [0.4, 0.5) is 17.1 Å². The highest BCUT2D eigenvalue weighted by molar-refractivity contribution is 6.44. The van der Waals surface area contributed by atoms with E-state index in [1.807, 2.05) is 42.5 Å². The number of nitrogens with zero attached hydrogens (tertiary/aromatic N) is 3. The minimum Gasteiger partial charge on any atom is -0.368 e. The molecule has 0 spiro atoms. The van der Waals surface area contributed by atoms with E-state index in [2.05, 4.69) is 10.4 Å². The van der Waals surface area contributed by atoms with Gasteiger partial charge in [0.2, 0.25) is 5.91 Å². The molecule has 0 saturated heterocycles. The lowest BCUT2D eigenvalue weighted by atomic mass is 10.1. The number of primary amides is 1. The third kappa shape index (κ3) is 4.01. The number of nitrogens with one attached hydrogen (secondary N) is 1. The van der Waals surface area contributed by atoms with Gasteiger partial charge in [-0.3, -0.25) is 19.4 Å². The lowest BCUT2D eigenvalue weighted by molar-refractivity contribution is -0.119. The maximum Gasteiger partial charge on any atom is 0.271 e. The molecule has 34 heavy (non-hydrogen) atoms. The number of benzene rings is 3. The molecule has 170 valence electrons. The van der Waals surface area contributed by atoms with Gasteiger partial charge in [-0.15, -0.1) is 0 Å². The van der Waals surface area contributed by atoms with Crippen LogP contribution in [0.3, 0.4) is 0 Å². The third-order valence-electron chi connectivity index (χ3n) is 6.04.